The largest absolute Gasteiger partial charge is 0.497 e. The van der Waals surface area contributed by atoms with E-state index in [0.717, 1.165) is 12.1 Å². The third kappa shape index (κ3) is 7.30. The number of aliphatic hydroxyl groups is 1. The maximum Gasteiger partial charge on any atom is 0.420 e. The lowest BCUT2D eigenvalue weighted by Crippen LogP contribution is -2.59. The molecule has 1 aromatic heterocycles. The van der Waals surface area contributed by atoms with E-state index in [1.165, 1.54) is 51.0 Å². The average Bonchev–Trinajstić information content (AvgIpc) is 2.88. The van der Waals surface area contributed by atoms with Crippen molar-refractivity contribution in [3.05, 3.63) is 72.3 Å². The number of carbonyl (C=O) groups excluding carboxylic acids is 2. The fourth-order valence-corrected chi connectivity index (χ4v) is 2.99. The molecule has 0 bridgehead atoms. The maximum absolute atomic E-state index is 13.4. The van der Waals surface area contributed by atoms with E-state index >= 15 is 0 Å². The molecule has 0 unspecified atom stereocenters. The lowest BCUT2D eigenvalue weighted by atomic mass is 10.0. The van der Waals surface area contributed by atoms with Gasteiger partial charge in [0.1, 0.15) is 34.7 Å². The van der Waals surface area contributed by atoms with Crippen LogP contribution in [0.25, 0.3) is 0 Å². The second-order valence-corrected chi connectivity index (χ2v) is 7.87. The summed E-state index contributed by atoms with van der Waals surface area (Å²) in [5.74, 6) is -0.879. The summed E-state index contributed by atoms with van der Waals surface area (Å²) in [6.45, 7) is 0.568. The Balaban J connectivity index is 1.60. The van der Waals surface area contributed by atoms with Gasteiger partial charge in [-0.3, -0.25) is 4.79 Å². The number of methoxy groups -OCH3 is 1. The van der Waals surface area contributed by atoms with Crippen molar-refractivity contribution in [1.29, 1.82) is 0 Å². The van der Waals surface area contributed by atoms with Crippen molar-refractivity contribution in [1.82, 2.24) is 20.6 Å². The van der Waals surface area contributed by atoms with Gasteiger partial charge in [-0.15, -0.1) is 0 Å². The molecule has 1 heterocycles. The highest BCUT2D eigenvalue weighted by Crippen LogP contribution is 2.40. The molecule has 0 aliphatic rings. The number of nitrogens with zero attached hydrogens (tertiary/aromatic N) is 2. The molecule has 0 aliphatic carbocycles. The molecular formula is C24H23F3N4O6. The first-order valence-corrected chi connectivity index (χ1v) is 10.7. The van der Waals surface area contributed by atoms with Crippen LogP contribution < -0.4 is 24.8 Å². The van der Waals surface area contributed by atoms with Crippen LogP contribution in [0, 0.1) is 0 Å². The predicted molar refractivity (Wildman–Crippen MR) is 123 cm³/mol. The minimum absolute atomic E-state index is 0.00566. The Kier molecular flexibility index (Phi) is 8.50. The van der Waals surface area contributed by atoms with Crippen LogP contribution in [0.1, 0.15) is 18.1 Å². The monoisotopic (exact) mass is 520 g/mol. The Bertz CT molecular complexity index is 1230. The van der Waals surface area contributed by atoms with E-state index in [-0.39, 0.29) is 23.8 Å². The first-order chi connectivity index (χ1) is 17.5. The molecule has 0 fully saturated rings. The van der Waals surface area contributed by atoms with E-state index in [0.29, 0.717) is 5.56 Å². The van der Waals surface area contributed by atoms with E-state index in [2.05, 4.69) is 20.6 Å². The molecule has 0 saturated carbocycles. The summed E-state index contributed by atoms with van der Waals surface area (Å²) >= 11 is 0. The van der Waals surface area contributed by atoms with Crippen molar-refractivity contribution in [3.63, 3.8) is 0 Å². The van der Waals surface area contributed by atoms with Crippen LogP contribution in [0.15, 0.2) is 61.2 Å². The van der Waals surface area contributed by atoms with Gasteiger partial charge in [0, 0.05) is 6.54 Å². The van der Waals surface area contributed by atoms with Gasteiger partial charge in [0.15, 0.2) is 5.75 Å². The van der Waals surface area contributed by atoms with E-state index in [1.807, 2.05) is 0 Å². The summed E-state index contributed by atoms with van der Waals surface area (Å²) in [4.78, 5) is 32.1. The molecule has 3 aromatic rings. The third-order valence-corrected chi connectivity index (χ3v) is 5.04. The van der Waals surface area contributed by atoms with Gasteiger partial charge < -0.3 is 30.0 Å². The molecule has 3 rings (SSSR count). The summed E-state index contributed by atoms with van der Waals surface area (Å²) < 4.78 is 55.4. The van der Waals surface area contributed by atoms with E-state index < -0.39 is 41.6 Å². The molecule has 13 heteroatoms. The third-order valence-electron chi connectivity index (χ3n) is 5.04. The van der Waals surface area contributed by atoms with Crippen LogP contribution in [0.3, 0.4) is 0 Å². The predicted octanol–water partition coefficient (Wildman–Crippen LogP) is 3.45. The number of benzene rings is 2. The van der Waals surface area contributed by atoms with Gasteiger partial charge in [-0.25, -0.2) is 14.8 Å². The Morgan fingerprint density at radius 2 is 1.65 bits per heavy atom. The fourth-order valence-electron chi connectivity index (χ4n) is 2.99. The number of halogens is 3. The molecule has 2 amide bonds. The Morgan fingerprint density at radius 1 is 1.00 bits per heavy atom. The van der Waals surface area contributed by atoms with Gasteiger partial charge in [-0.1, -0.05) is 12.1 Å². The van der Waals surface area contributed by atoms with Crippen molar-refractivity contribution in [2.75, 3.05) is 13.7 Å². The van der Waals surface area contributed by atoms with Crippen molar-refractivity contribution < 1.29 is 42.1 Å². The molecule has 2 aromatic carbocycles. The van der Waals surface area contributed by atoms with Crippen molar-refractivity contribution in [2.45, 2.75) is 25.2 Å². The van der Waals surface area contributed by atoms with Gasteiger partial charge >= 0.3 is 12.3 Å². The number of ether oxygens (including phenoxy) is 3. The zero-order chi connectivity index (χ0) is 27.1. The smallest absolute Gasteiger partial charge is 0.420 e. The molecule has 3 N–H and O–H groups in total. The van der Waals surface area contributed by atoms with Crippen LogP contribution in [-0.4, -0.2) is 46.3 Å². The number of alkyl halides is 3. The van der Waals surface area contributed by atoms with E-state index in [4.69, 9.17) is 14.2 Å². The van der Waals surface area contributed by atoms with Gasteiger partial charge in [0.25, 0.3) is 0 Å². The average molecular weight is 520 g/mol. The molecule has 0 saturated heterocycles. The number of amides is 2. The van der Waals surface area contributed by atoms with Gasteiger partial charge in [0.05, 0.1) is 26.1 Å². The van der Waals surface area contributed by atoms with E-state index in [1.54, 1.807) is 12.1 Å². The normalized spacial score (nSPS) is 12.7. The number of aromatic nitrogens is 2. The number of rotatable bonds is 9. The first kappa shape index (κ1) is 27.2. The topological polar surface area (TPSA) is 132 Å². The molecule has 0 aliphatic heterocycles. The number of nitrogens with one attached hydrogen (secondary N) is 2. The van der Waals surface area contributed by atoms with Crippen LogP contribution in [0.2, 0.25) is 0 Å². The molecule has 1 atom stereocenters. The molecule has 10 nitrogen and oxygen atoms in total. The highest BCUT2D eigenvalue weighted by atomic mass is 19.4. The fraction of sp³-hybridized carbons (Fsp3) is 0.250. The van der Waals surface area contributed by atoms with Gasteiger partial charge in [0.2, 0.25) is 5.91 Å². The molecular weight excluding hydrogens is 497 g/mol. The Morgan fingerprint density at radius 3 is 2.24 bits per heavy atom. The Labute approximate surface area is 209 Å². The number of aliphatic hydroxyl groups excluding tert-OH is 1. The second kappa shape index (κ2) is 11.6. The summed E-state index contributed by atoms with van der Waals surface area (Å²) in [6.07, 6.45) is -1.92. The lowest BCUT2D eigenvalue weighted by Gasteiger charge is -2.26. The standard InChI is InChI=1S/C24H23F3N4O6/c1-23(13-32,31-22(34)37-18-11-28-14-29-12-18)21(33)30-10-15-3-5-16(6-4-15)36-20-8-7-17(35-2)9-19(20)24(25,26)27/h3-9,11-12,14,32H,10,13H2,1-2H3,(H,30,33)(H,31,34)/t23-/m1/s1. The number of hydrogen-bond donors (Lipinski definition) is 3. The molecule has 0 radical (unpaired) electrons. The highest BCUT2D eigenvalue weighted by molar-refractivity contribution is 5.90. The van der Waals surface area contributed by atoms with E-state index in [9.17, 15) is 27.9 Å². The van der Waals surface area contributed by atoms with Crippen LogP contribution in [-0.2, 0) is 17.5 Å². The zero-order valence-electron chi connectivity index (χ0n) is 19.7. The number of hydrogen-bond acceptors (Lipinski definition) is 8. The molecule has 0 spiro atoms. The minimum Gasteiger partial charge on any atom is -0.497 e. The van der Waals surface area contributed by atoms with Crippen molar-refractivity contribution >= 4 is 12.0 Å². The summed E-state index contributed by atoms with van der Waals surface area (Å²) in [5.41, 5.74) is -2.12. The minimum atomic E-state index is -4.65. The van der Waals surface area contributed by atoms with Crippen LogP contribution >= 0.6 is 0 Å². The first-order valence-electron chi connectivity index (χ1n) is 10.7. The lowest BCUT2D eigenvalue weighted by molar-refractivity contribution is -0.138. The van der Waals surface area contributed by atoms with Crippen LogP contribution in [0.4, 0.5) is 18.0 Å². The van der Waals surface area contributed by atoms with Crippen molar-refractivity contribution in [2.24, 2.45) is 0 Å². The summed E-state index contributed by atoms with van der Waals surface area (Å²) in [6, 6.07) is 9.32. The van der Waals surface area contributed by atoms with Crippen molar-refractivity contribution in [3.8, 4) is 23.0 Å². The molecule has 37 heavy (non-hydrogen) atoms. The summed E-state index contributed by atoms with van der Waals surface area (Å²) in [5, 5.41) is 14.6. The summed E-state index contributed by atoms with van der Waals surface area (Å²) in [7, 11) is 1.26. The van der Waals surface area contributed by atoms with Gasteiger partial charge in [-0.2, -0.15) is 13.2 Å². The highest BCUT2D eigenvalue weighted by Gasteiger charge is 2.36. The molecule has 196 valence electrons. The Hall–Kier alpha value is -4.39. The quantitative estimate of drug-likeness (QED) is 0.391. The number of carbonyl (C=O) groups is 2. The van der Waals surface area contributed by atoms with Crippen LogP contribution in [0.5, 0.6) is 23.0 Å². The zero-order valence-corrected chi connectivity index (χ0v) is 19.7. The maximum atomic E-state index is 13.4. The SMILES string of the molecule is COc1ccc(Oc2ccc(CNC(=O)[C@@](C)(CO)NC(=O)Oc3cncnc3)cc2)c(C(F)(F)F)c1. The van der Waals surface area contributed by atoms with Gasteiger partial charge in [-0.05, 0) is 42.8 Å². The second-order valence-electron chi connectivity index (χ2n) is 7.87.